The Morgan fingerprint density at radius 1 is 0.895 bits per heavy atom. The molecule has 3 rings (SSSR count). The Balaban J connectivity index is 2.01. The van der Waals surface area contributed by atoms with Crippen LogP contribution in [0.15, 0.2) is 52.9 Å². The van der Waals surface area contributed by atoms with Gasteiger partial charge in [-0.25, -0.2) is 0 Å². The standard InChI is InChI=1S/C15H10Cl2O2/c16-11-3-1-9(2-4-11)15(18)14-8-10-7-12(17)5-6-13(10)19-14/h1-8,15,18H/t15-/m1/s1. The second-order valence-corrected chi connectivity index (χ2v) is 5.16. The number of rotatable bonds is 2. The van der Waals surface area contributed by atoms with E-state index in [1.165, 1.54) is 0 Å². The maximum absolute atomic E-state index is 10.3. The van der Waals surface area contributed by atoms with Gasteiger partial charge in [0.05, 0.1) is 0 Å². The Morgan fingerprint density at radius 3 is 2.32 bits per heavy atom. The van der Waals surface area contributed by atoms with Crippen molar-refractivity contribution in [2.45, 2.75) is 6.10 Å². The molecule has 3 aromatic rings. The van der Waals surface area contributed by atoms with Crippen LogP contribution in [-0.2, 0) is 0 Å². The summed E-state index contributed by atoms with van der Waals surface area (Å²) in [6.07, 6.45) is -0.816. The maximum atomic E-state index is 10.3. The van der Waals surface area contributed by atoms with Gasteiger partial charge in [-0.3, -0.25) is 0 Å². The van der Waals surface area contributed by atoms with Crippen LogP contribution in [0.5, 0.6) is 0 Å². The van der Waals surface area contributed by atoms with Crippen molar-refractivity contribution in [1.29, 1.82) is 0 Å². The predicted octanol–water partition coefficient (Wildman–Crippen LogP) is 4.82. The summed E-state index contributed by atoms with van der Waals surface area (Å²) in [7, 11) is 0. The highest BCUT2D eigenvalue weighted by molar-refractivity contribution is 6.31. The van der Waals surface area contributed by atoms with E-state index in [2.05, 4.69) is 0 Å². The van der Waals surface area contributed by atoms with E-state index in [0.717, 1.165) is 10.9 Å². The fourth-order valence-corrected chi connectivity index (χ4v) is 2.29. The number of fused-ring (bicyclic) bond motifs is 1. The second kappa shape index (κ2) is 4.89. The van der Waals surface area contributed by atoms with Crippen molar-refractivity contribution in [2.24, 2.45) is 0 Å². The normalized spacial score (nSPS) is 12.8. The van der Waals surface area contributed by atoms with Crippen LogP contribution in [0.3, 0.4) is 0 Å². The van der Waals surface area contributed by atoms with Gasteiger partial charge in [0.25, 0.3) is 0 Å². The van der Waals surface area contributed by atoms with Crippen LogP contribution in [0, 0.1) is 0 Å². The lowest BCUT2D eigenvalue weighted by Crippen LogP contribution is -1.97. The molecule has 96 valence electrons. The van der Waals surface area contributed by atoms with Crippen molar-refractivity contribution in [1.82, 2.24) is 0 Å². The molecular formula is C15H10Cl2O2. The maximum Gasteiger partial charge on any atom is 0.138 e. The fourth-order valence-electron chi connectivity index (χ4n) is 1.98. The quantitative estimate of drug-likeness (QED) is 0.734. The number of aliphatic hydroxyl groups is 1. The molecule has 0 fully saturated rings. The van der Waals surface area contributed by atoms with Crippen LogP contribution in [0.25, 0.3) is 11.0 Å². The van der Waals surface area contributed by atoms with Crippen LogP contribution < -0.4 is 0 Å². The summed E-state index contributed by atoms with van der Waals surface area (Å²) in [6, 6.07) is 14.2. The molecule has 0 spiro atoms. The molecule has 0 amide bonds. The Kier molecular flexibility index (Phi) is 3.23. The van der Waals surface area contributed by atoms with Crippen molar-refractivity contribution in [2.75, 3.05) is 0 Å². The van der Waals surface area contributed by atoms with Crippen molar-refractivity contribution in [3.63, 3.8) is 0 Å². The molecule has 1 N–H and O–H groups in total. The number of benzene rings is 2. The third kappa shape index (κ3) is 2.47. The molecular weight excluding hydrogens is 283 g/mol. The summed E-state index contributed by atoms with van der Waals surface area (Å²) in [5, 5.41) is 12.4. The molecule has 0 saturated heterocycles. The number of furan rings is 1. The Bertz CT molecular complexity index is 717. The summed E-state index contributed by atoms with van der Waals surface area (Å²) in [4.78, 5) is 0. The first-order valence-electron chi connectivity index (χ1n) is 5.76. The highest BCUT2D eigenvalue weighted by Gasteiger charge is 2.15. The average Bonchev–Trinajstić information content (AvgIpc) is 2.81. The van der Waals surface area contributed by atoms with Gasteiger partial charge in [-0.2, -0.15) is 0 Å². The van der Waals surface area contributed by atoms with Crippen LogP contribution in [-0.4, -0.2) is 5.11 Å². The largest absolute Gasteiger partial charge is 0.458 e. The third-order valence-corrected chi connectivity index (χ3v) is 3.44. The molecule has 0 bridgehead atoms. The van der Waals surface area contributed by atoms with E-state index >= 15 is 0 Å². The topological polar surface area (TPSA) is 33.4 Å². The van der Waals surface area contributed by atoms with Gasteiger partial charge >= 0.3 is 0 Å². The first-order chi connectivity index (χ1) is 9.13. The van der Waals surface area contributed by atoms with Gasteiger partial charge in [-0.15, -0.1) is 0 Å². The Morgan fingerprint density at radius 2 is 1.58 bits per heavy atom. The molecule has 0 aliphatic carbocycles. The van der Waals surface area contributed by atoms with E-state index < -0.39 is 6.10 Å². The molecule has 1 heterocycles. The van der Waals surface area contributed by atoms with Gasteiger partial charge in [0.2, 0.25) is 0 Å². The lowest BCUT2D eigenvalue weighted by atomic mass is 10.1. The first-order valence-corrected chi connectivity index (χ1v) is 6.51. The summed E-state index contributed by atoms with van der Waals surface area (Å²) in [5.74, 6) is 0.486. The molecule has 0 saturated carbocycles. The fraction of sp³-hybridized carbons (Fsp3) is 0.0667. The monoisotopic (exact) mass is 292 g/mol. The molecule has 2 aromatic carbocycles. The minimum absolute atomic E-state index is 0.486. The van der Waals surface area contributed by atoms with Crippen LogP contribution in [0.4, 0.5) is 0 Å². The second-order valence-electron chi connectivity index (χ2n) is 4.29. The Labute approximate surface area is 120 Å². The van der Waals surface area contributed by atoms with E-state index in [1.807, 2.05) is 0 Å². The average molecular weight is 293 g/mol. The third-order valence-electron chi connectivity index (χ3n) is 2.95. The summed E-state index contributed by atoms with van der Waals surface area (Å²) in [5.41, 5.74) is 1.43. The van der Waals surface area contributed by atoms with E-state index in [4.69, 9.17) is 27.6 Å². The number of hydrogen-bond donors (Lipinski definition) is 1. The number of halogens is 2. The smallest absolute Gasteiger partial charge is 0.138 e. The highest BCUT2D eigenvalue weighted by Crippen LogP contribution is 2.30. The minimum Gasteiger partial charge on any atom is -0.458 e. The van der Waals surface area contributed by atoms with Gasteiger partial charge in [-0.1, -0.05) is 35.3 Å². The van der Waals surface area contributed by atoms with Crippen molar-refractivity contribution in [3.8, 4) is 0 Å². The van der Waals surface area contributed by atoms with Crippen molar-refractivity contribution >= 4 is 34.2 Å². The van der Waals surface area contributed by atoms with Crippen LogP contribution in [0.1, 0.15) is 17.4 Å². The van der Waals surface area contributed by atoms with Gasteiger partial charge in [0.15, 0.2) is 0 Å². The molecule has 1 aromatic heterocycles. The summed E-state index contributed by atoms with van der Waals surface area (Å²) >= 11 is 11.7. The molecule has 0 unspecified atom stereocenters. The number of hydrogen-bond acceptors (Lipinski definition) is 2. The SMILES string of the molecule is O[C@H](c1ccc(Cl)cc1)c1cc2cc(Cl)ccc2o1. The molecule has 19 heavy (non-hydrogen) atoms. The van der Waals surface area contributed by atoms with Gasteiger partial charge in [0.1, 0.15) is 17.4 Å². The Hall–Kier alpha value is -1.48. The molecule has 0 aliphatic heterocycles. The van der Waals surface area contributed by atoms with E-state index in [1.54, 1.807) is 48.5 Å². The predicted molar refractivity (Wildman–Crippen MR) is 76.7 cm³/mol. The van der Waals surface area contributed by atoms with Gasteiger partial charge in [0, 0.05) is 15.4 Å². The molecule has 0 radical (unpaired) electrons. The molecule has 1 atom stereocenters. The van der Waals surface area contributed by atoms with Crippen molar-refractivity contribution < 1.29 is 9.52 Å². The minimum atomic E-state index is -0.816. The van der Waals surface area contributed by atoms with E-state index in [0.29, 0.717) is 21.4 Å². The first kappa shape index (κ1) is 12.5. The van der Waals surface area contributed by atoms with Gasteiger partial charge < -0.3 is 9.52 Å². The van der Waals surface area contributed by atoms with Gasteiger partial charge in [-0.05, 0) is 42.0 Å². The van der Waals surface area contributed by atoms with Crippen LogP contribution in [0.2, 0.25) is 10.0 Å². The molecule has 0 aliphatic rings. The van der Waals surface area contributed by atoms with Crippen LogP contribution >= 0.6 is 23.2 Å². The highest BCUT2D eigenvalue weighted by atomic mass is 35.5. The zero-order valence-electron chi connectivity index (χ0n) is 9.81. The summed E-state index contributed by atoms with van der Waals surface area (Å²) in [6.45, 7) is 0. The number of aliphatic hydroxyl groups excluding tert-OH is 1. The summed E-state index contributed by atoms with van der Waals surface area (Å²) < 4.78 is 5.63. The lowest BCUT2D eigenvalue weighted by molar-refractivity contribution is 0.192. The van der Waals surface area contributed by atoms with E-state index in [9.17, 15) is 5.11 Å². The van der Waals surface area contributed by atoms with E-state index in [-0.39, 0.29) is 0 Å². The molecule has 4 heteroatoms. The zero-order valence-corrected chi connectivity index (χ0v) is 11.3. The zero-order chi connectivity index (χ0) is 13.4. The van der Waals surface area contributed by atoms with Crippen molar-refractivity contribution in [3.05, 3.63) is 69.9 Å². The lowest BCUT2D eigenvalue weighted by Gasteiger charge is -2.07. The molecule has 2 nitrogen and oxygen atoms in total.